The zero-order valence-corrected chi connectivity index (χ0v) is 21.0. The zero-order chi connectivity index (χ0) is 23.2. The van der Waals surface area contributed by atoms with Gasteiger partial charge >= 0.3 is 12.1 Å². The summed E-state index contributed by atoms with van der Waals surface area (Å²) in [5.41, 5.74) is 0.00655. The summed E-state index contributed by atoms with van der Waals surface area (Å²) in [7, 11) is 0. The average Bonchev–Trinajstić information content (AvgIpc) is 2.63. The van der Waals surface area contributed by atoms with Crippen LogP contribution in [-0.2, 0) is 19.0 Å². The molecular formula is C23H35BrN2O5. The van der Waals surface area contributed by atoms with E-state index in [0.717, 1.165) is 10.2 Å². The highest BCUT2D eigenvalue weighted by Crippen LogP contribution is 2.23. The van der Waals surface area contributed by atoms with E-state index in [2.05, 4.69) is 20.8 Å². The Labute approximate surface area is 194 Å². The van der Waals surface area contributed by atoms with Crippen molar-refractivity contribution >= 4 is 33.7 Å². The molecule has 1 atom stereocenters. The minimum absolute atomic E-state index is 0.173. The molecule has 8 heteroatoms. The Bertz CT molecular complexity index is 740. The van der Waals surface area contributed by atoms with E-state index in [9.17, 15) is 9.59 Å². The first-order valence-corrected chi connectivity index (χ1v) is 11.4. The lowest BCUT2D eigenvalue weighted by Crippen LogP contribution is -2.58. The number of nitrogens with zero attached hydrogens (tertiary/aromatic N) is 2. The standard InChI is InChI=1S/C23H35BrN2O5/c1-22(2,3)30-20(27)11-14-29-16-19-15-25(18-9-7-17(24)8-10-18)12-13-26(19)21(28)31-23(4,5)6/h7-10,19H,11-16H2,1-6H3/t19-/m1/s1. The van der Waals surface area contributed by atoms with Crippen LogP contribution in [-0.4, -0.2) is 67.1 Å². The number of rotatable bonds is 6. The Kier molecular flexibility index (Phi) is 8.77. The molecule has 31 heavy (non-hydrogen) atoms. The average molecular weight is 499 g/mol. The smallest absolute Gasteiger partial charge is 0.410 e. The molecule has 1 aromatic rings. The molecule has 1 amide bonds. The monoisotopic (exact) mass is 498 g/mol. The lowest BCUT2D eigenvalue weighted by Gasteiger charge is -2.42. The first kappa shape index (κ1) is 25.5. The number of benzene rings is 1. The SMILES string of the molecule is CC(C)(C)OC(=O)CCOC[C@H]1CN(c2ccc(Br)cc2)CCN1C(=O)OC(C)(C)C. The normalized spacial score (nSPS) is 17.5. The van der Waals surface area contributed by atoms with Crippen LogP contribution in [0, 0.1) is 0 Å². The van der Waals surface area contributed by atoms with Crippen molar-refractivity contribution in [2.45, 2.75) is 65.2 Å². The molecular weight excluding hydrogens is 464 g/mol. The minimum Gasteiger partial charge on any atom is -0.460 e. The number of hydrogen-bond acceptors (Lipinski definition) is 6. The fraction of sp³-hybridized carbons (Fsp3) is 0.652. The molecule has 7 nitrogen and oxygen atoms in total. The van der Waals surface area contributed by atoms with Gasteiger partial charge in [-0.1, -0.05) is 15.9 Å². The highest BCUT2D eigenvalue weighted by molar-refractivity contribution is 9.10. The lowest BCUT2D eigenvalue weighted by atomic mass is 10.1. The summed E-state index contributed by atoms with van der Waals surface area (Å²) in [5, 5.41) is 0. The molecule has 0 spiro atoms. The van der Waals surface area contributed by atoms with E-state index in [1.165, 1.54) is 0 Å². The van der Waals surface area contributed by atoms with Crippen LogP contribution in [0.3, 0.4) is 0 Å². The molecule has 0 radical (unpaired) electrons. The second kappa shape index (κ2) is 10.7. The summed E-state index contributed by atoms with van der Waals surface area (Å²) in [4.78, 5) is 28.6. The van der Waals surface area contributed by atoms with Crippen molar-refractivity contribution in [3.8, 4) is 0 Å². The van der Waals surface area contributed by atoms with E-state index in [4.69, 9.17) is 14.2 Å². The summed E-state index contributed by atoms with van der Waals surface area (Å²) in [6.07, 6.45) is -0.170. The number of halogens is 1. The Hall–Kier alpha value is -1.80. The van der Waals surface area contributed by atoms with Crippen LogP contribution in [0.1, 0.15) is 48.0 Å². The van der Waals surface area contributed by atoms with E-state index in [-0.39, 0.29) is 31.1 Å². The van der Waals surface area contributed by atoms with Gasteiger partial charge in [0, 0.05) is 29.8 Å². The summed E-state index contributed by atoms with van der Waals surface area (Å²) in [6, 6.07) is 7.91. The maximum absolute atomic E-state index is 12.8. The third-order valence-corrected chi connectivity index (χ3v) is 5.01. The Morgan fingerprint density at radius 2 is 1.61 bits per heavy atom. The van der Waals surface area contributed by atoms with Crippen LogP contribution in [0.5, 0.6) is 0 Å². The number of carbonyl (C=O) groups is 2. The van der Waals surface area contributed by atoms with Gasteiger partial charge in [-0.15, -0.1) is 0 Å². The molecule has 0 N–H and O–H groups in total. The minimum atomic E-state index is -0.567. The van der Waals surface area contributed by atoms with E-state index in [0.29, 0.717) is 26.2 Å². The van der Waals surface area contributed by atoms with Crippen LogP contribution in [0.4, 0.5) is 10.5 Å². The molecule has 1 fully saturated rings. The third kappa shape index (κ3) is 9.07. The molecule has 1 aliphatic rings. The maximum Gasteiger partial charge on any atom is 0.410 e. The number of hydrogen-bond donors (Lipinski definition) is 0. The van der Waals surface area contributed by atoms with Gasteiger partial charge in [-0.25, -0.2) is 4.79 Å². The summed E-state index contributed by atoms with van der Waals surface area (Å²) >= 11 is 3.46. The highest BCUT2D eigenvalue weighted by atomic mass is 79.9. The Morgan fingerprint density at radius 1 is 1.00 bits per heavy atom. The fourth-order valence-electron chi connectivity index (χ4n) is 3.21. The third-order valence-electron chi connectivity index (χ3n) is 4.48. The van der Waals surface area contributed by atoms with Crippen molar-refractivity contribution in [3.05, 3.63) is 28.7 Å². The van der Waals surface area contributed by atoms with E-state index < -0.39 is 11.2 Å². The van der Waals surface area contributed by atoms with Gasteiger partial charge < -0.3 is 19.1 Å². The molecule has 0 bridgehead atoms. The lowest BCUT2D eigenvalue weighted by molar-refractivity contribution is -0.156. The second-order valence-corrected chi connectivity index (χ2v) is 10.6. The molecule has 1 aromatic carbocycles. The molecule has 174 valence electrons. The van der Waals surface area contributed by atoms with Gasteiger partial charge in [-0.2, -0.15) is 0 Å². The number of carbonyl (C=O) groups excluding carboxylic acids is 2. The summed E-state index contributed by atoms with van der Waals surface area (Å²) in [6.45, 7) is 13.5. The highest BCUT2D eigenvalue weighted by Gasteiger charge is 2.33. The van der Waals surface area contributed by atoms with Crippen molar-refractivity contribution in [1.29, 1.82) is 0 Å². The molecule has 1 heterocycles. The molecule has 0 aromatic heterocycles. The molecule has 1 aliphatic heterocycles. The Balaban J connectivity index is 1.99. The van der Waals surface area contributed by atoms with Crippen molar-refractivity contribution in [2.75, 3.05) is 37.7 Å². The van der Waals surface area contributed by atoms with E-state index >= 15 is 0 Å². The van der Waals surface area contributed by atoms with Crippen LogP contribution < -0.4 is 4.90 Å². The summed E-state index contributed by atoms with van der Waals surface area (Å²) in [5.74, 6) is -0.295. The number of esters is 1. The quantitative estimate of drug-likeness (QED) is 0.420. The van der Waals surface area contributed by atoms with Crippen LogP contribution >= 0.6 is 15.9 Å². The molecule has 0 unspecified atom stereocenters. The van der Waals surface area contributed by atoms with Crippen molar-refractivity contribution < 1.29 is 23.8 Å². The van der Waals surface area contributed by atoms with Gasteiger partial charge in [-0.05, 0) is 65.8 Å². The topological polar surface area (TPSA) is 68.3 Å². The number of amides is 1. The van der Waals surface area contributed by atoms with Gasteiger partial charge in [0.25, 0.3) is 0 Å². The second-order valence-electron chi connectivity index (χ2n) is 9.66. The molecule has 0 aliphatic carbocycles. The van der Waals surface area contributed by atoms with Crippen LogP contribution in [0.15, 0.2) is 28.7 Å². The molecule has 2 rings (SSSR count). The molecule has 1 saturated heterocycles. The van der Waals surface area contributed by atoms with Gasteiger partial charge in [-0.3, -0.25) is 9.69 Å². The predicted octanol–water partition coefficient (Wildman–Crippen LogP) is 4.62. The Morgan fingerprint density at radius 3 is 2.19 bits per heavy atom. The number of ether oxygens (including phenoxy) is 3. The van der Waals surface area contributed by atoms with Crippen LogP contribution in [0.25, 0.3) is 0 Å². The van der Waals surface area contributed by atoms with E-state index in [1.807, 2.05) is 65.8 Å². The van der Waals surface area contributed by atoms with Gasteiger partial charge in [0.2, 0.25) is 0 Å². The molecule has 0 saturated carbocycles. The first-order valence-electron chi connectivity index (χ1n) is 10.6. The summed E-state index contributed by atoms with van der Waals surface area (Å²) < 4.78 is 17.7. The maximum atomic E-state index is 12.8. The van der Waals surface area contributed by atoms with Gasteiger partial charge in [0.1, 0.15) is 11.2 Å². The largest absolute Gasteiger partial charge is 0.460 e. The predicted molar refractivity (Wildman–Crippen MR) is 124 cm³/mol. The first-order chi connectivity index (χ1) is 14.3. The van der Waals surface area contributed by atoms with Crippen molar-refractivity contribution in [1.82, 2.24) is 4.90 Å². The van der Waals surface area contributed by atoms with Gasteiger partial charge in [0.05, 0.1) is 25.7 Å². The van der Waals surface area contributed by atoms with Crippen molar-refractivity contribution in [3.63, 3.8) is 0 Å². The van der Waals surface area contributed by atoms with Crippen molar-refractivity contribution in [2.24, 2.45) is 0 Å². The fourth-order valence-corrected chi connectivity index (χ4v) is 3.48. The van der Waals surface area contributed by atoms with Crippen LogP contribution in [0.2, 0.25) is 0 Å². The van der Waals surface area contributed by atoms with Gasteiger partial charge in [0.15, 0.2) is 0 Å². The number of anilines is 1. The number of piperazine rings is 1. The zero-order valence-electron chi connectivity index (χ0n) is 19.4. The van der Waals surface area contributed by atoms with E-state index in [1.54, 1.807) is 4.90 Å².